The van der Waals surface area contributed by atoms with E-state index in [-0.39, 0.29) is 18.0 Å². The van der Waals surface area contributed by atoms with Gasteiger partial charge in [-0.3, -0.25) is 4.57 Å². The number of rotatable bonds is 2. The molecular weight excluding hydrogens is 254 g/mol. The molecule has 9 heteroatoms. The Kier molecular flexibility index (Phi) is 2.82. The van der Waals surface area contributed by atoms with E-state index in [0.717, 1.165) is 0 Å². The van der Waals surface area contributed by atoms with E-state index < -0.39 is 24.5 Å². The number of aliphatic hydroxyl groups is 2. The normalized spacial score (nSPS) is 31.1. The smallest absolute Gasteiger partial charge is 0.242 e. The fourth-order valence-corrected chi connectivity index (χ4v) is 2.19. The summed E-state index contributed by atoms with van der Waals surface area (Å²) in [6.07, 6.45) is 0.133. The lowest BCUT2D eigenvalue weighted by atomic mass is 10.1. The maximum Gasteiger partial charge on any atom is 0.242 e. The molecule has 0 aromatic carbocycles. The summed E-state index contributed by atoms with van der Waals surface area (Å²) in [4.78, 5) is 11.6. The Hall–Kier alpha value is -1.81. The summed E-state index contributed by atoms with van der Waals surface area (Å²) in [5.74, 6) is -0.241. The first kappa shape index (κ1) is 12.2. The zero-order valence-electron chi connectivity index (χ0n) is 9.79. The molecule has 0 amide bonds. The summed E-state index contributed by atoms with van der Waals surface area (Å²) in [5, 5.41) is 28.5. The van der Waals surface area contributed by atoms with Crippen molar-refractivity contribution in [3.8, 4) is 5.88 Å². The molecule has 4 atom stereocenters. The van der Waals surface area contributed by atoms with Crippen LogP contribution in [0, 0.1) is 0 Å². The number of aliphatic hydroxyl groups excluding tert-OH is 2. The van der Waals surface area contributed by atoms with Crippen molar-refractivity contribution in [3.05, 3.63) is 12.7 Å². The van der Waals surface area contributed by atoms with Crippen molar-refractivity contribution in [1.29, 1.82) is 0 Å². The summed E-state index contributed by atoms with van der Waals surface area (Å²) in [6, 6.07) is -0.730. The molecule has 2 unspecified atom stereocenters. The summed E-state index contributed by atoms with van der Waals surface area (Å²) in [7, 11) is 0. The molecular formula is C10H13N5O4. The Morgan fingerprint density at radius 3 is 2.84 bits per heavy atom. The molecule has 19 heavy (non-hydrogen) atoms. The molecule has 1 aliphatic rings. The quantitative estimate of drug-likeness (QED) is 0.495. The van der Waals surface area contributed by atoms with Gasteiger partial charge in [-0.1, -0.05) is 0 Å². The van der Waals surface area contributed by atoms with E-state index in [1.807, 2.05) is 0 Å². The summed E-state index contributed by atoms with van der Waals surface area (Å²) < 4.78 is 6.98. The van der Waals surface area contributed by atoms with Crippen molar-refractivity contribution in [2.75, 3.05) is 6.61 Å². The topological polar surface area (TPSA) is 140 Å². The number of imidazole rings is 1. The van der Waals surface area contributed by atoms with Crippen LogP contribution in [0.3, 0.4) is 0 Å². The van der Waals surface area contributed by atoms with Crippen molar-refractivity contribution in [2.24, 2.45) is 5.73 Å². The second kappa shape index (κ2) is 4.38. The zero-order chi connectivity index (χ0) is 13.6. The van der Waals surface area contributed by atoms with Gasteiger partial charge in [-0.15, -0.1) is 0 Å². The Morgan fingerprint density at radius 1 is 1.37 bits per heavy atom. The van der Waals surface area contributed by atoms with Crippen molar-refractivity contribution in [3.63, 3.8) is 0 Å². The molecule has 0 saturated carbocycles. The van der Waals surface area contributed by atoms with E-state index in [0.29, 0.717) is 5.65 Å². The maximum atomic E-state index is 9.83. The van der Waals surface area contributed by atoms with E-state index in [2.05, 4.69) is 15.0 Å². The van der Waals surface area contributed by atoms with Crippen LogP contribution >= 0.6 is 0 Å². The van der Waals surface area contributed by atoms with Gasteiger partial charge in [0.2, 0.25) is 5.88 Å². The monoisotopic (exact) mass is 267 g/mol. The predicted molar refractivity (Wildman–Crippen MR) is 62.0 cm³/mol. The van der Waals surface area contributed by atoms with Gasteiger partial charge >= 0.3 is 0 Å². The van der Waals surface area contributed by atoms with E-state index >= 15 is 0 Å². The first-order valence-corrected chi connectivity index (χ1v) is 5.70. The number of nitrogens with zero attached hydrogens (tertiary/aromatic N) is 4. The lowest BCUT2D eigenvalue weighted by molar-refractivity contribution is -0.0437. The van der Waals surface area contributed by atoms with Crippen LogP contribution in [0.25, 0.3) is 11.2 Å². The third kappa shape index (κ3) is 1.75. The molecule has 1 aliphatic heterocycles. The molecule has 3 heterocycles. The zero-order valence-corrected chi connectivity index (χ0v) is 9.79. The van der Waals surface area contributed by atoms with Crippen LogP contribution in [-0.4, -0.2) is 59.7 Å². The number of aromatic hydroxyl groups is 1. The molecule has 0 spiro atoms. The Labute approximate surface area is 107 Å². The van der Waals surface area contributed by atoms with Gasteiger partial charge in [-0.05, 0) is 0 Å². The van der Waals surface area contributed by atoms with Gasteiger partial charge in [0, 0.05) is 0 Å². The number of hydrogen-bond acceptors (Lipinski definition) is 8. The molecule has 3 rings (SSSR count). The van der Waals surface area contributed by atoms with E-state index in [9.17, 15) is 10.2 Å². The average molecular weight is 267 g/mol. The van der Waals surface area contributed by atoms with Crippen molar-refractivity contribution < 1.29 is 20.1 Å². The minimum Gasteiger partial charge on any atom is -0.492 e. The third-order valence-corrected chi connectivity index (χ3v) is 3.21. The molecule has 1 fully saturated rings. The highest BCUT2D eigenvalue weighted by Gasteiger charge is 2.42. The Bertz CT molecular complexity index is 603. The van der Waals surface area contributed by atoms with Crippen LogP contribution in [0.15, 0.2) is 12.7 Å². The molecule has 102 valence electrons. The van der Waals surface area contributed by atoms with Crippen molar-refractivity contribution in [2.45, 2.75) is 24.5 Å². The summed E-state index contributed by atoms with van der Waals surface area (Å²) >= 11 is 0. The number of nitrogens with two attached hydrogens (primary N) is 1. The average Bonchev–Trinajstić information content (AvgIpc) is 2.94. The number of aromatic nitrogens is 4. The molecule has 2 aromatic rings. The number of hydrogen-bond donors (Lipinski definition) is 4. The van der Waals surface area contributed by atoms with Gasteiger partial charge < -0.3 is 25.8 Å². The second-order valence-corrected chi connectivity index (χ2v) is 4.34. The maximum absolute atomic E-state index is 9.83. The first-order chi connectivity index (χ1) is 9.13. The van der Waals surface area contributed by atoms with E-state index in [4.69, 9.17) is 15.6 Å². The predicted octanol–water partition coefficient (Wildman–Crippen LogP) is -1.89. The van der Waals surface area contributed by atoms with Crippen LogP contribution < -0.4 is 5.73 Å². The Morgan fingerprint density at radius 2 is 2.16 bits per heavy atom. The minimum atomic E-state index is -0.983. The molecule has 0 radical (unpaired) electrons. The fourth-order valence-electron chi connectivity index (χ4n) is 2.19. The third-order valence-electron chi connectivity index (χ3n) is 3.21. The van der Waals surface area contributed by atoms with Crippen LogP contribution in [0.1, 0.15) is 6.23 Å². The lowest BCUT2D eigenvalue weighted by Gasteiger charge is -2.17. The molecule has 1 saturated heterocycles. The lowest BCUT2D eigenvalue weighted by Crippen LogP contribution is -2.39. The van der Waals surface area contributed by atoms with Crippen molar-refractivity contribution in [1.82, 2.24) is 19.5 Å². The van der Waals surface area contributed by atoms with Gasteiger partial charge in [0.05, 0.1) is 19.0 Å². The van der Waals surface area contributed by atoms with Gasteiger partial charge in [-0.25, -0.2) is 9.97 Å². The molecule has 2 aromatic heterocycles. The Balaban J connectivity index is 2.04. The summed E-state index contributed by atoms with van der Waals surface area (Å²) in [5.41, 5.74) is 6.44. The second-order valence-electron chi connectivity index (χ2n) is 4.34. The highest BCUT2D eigenvalue weighted by Crippen LogP contribution is 2.30. The summed E-state index contributed by atoms with van der Waals surface area (Å²) in [6.45, 7) is -0.335. The first-order valence-electron chi connectivity index (χ1n) is 5.70. The van der Waals surface area contributed by atoms with E-state index in [1.54, 1.807) is 0 Å². The van der Waals surface area contributed by atoms with Gasteiger partial charge in [0.15, 0.2) is 17.4 Å². The fraction of sp³-hybridized carbons (Fsp3) is 0.500. The molecule has 5 N–H and O–H groups in total. The van der Waals surface area contributed by atoms with Crippen LogP contribution in [0.4, 0.5) is 0 Å². The number of fused-ring (bicyclic) bond motifs is 1. The van der Waals surface area contributed by atoms with Crippen LogP contribution in [0.5, 0.6) is 5.88 Å². The van der Waals surface area contributed by atoms with Gasteiger partial charge in [0.1, 0.15) is 18.5 Å². The highest BCUT2D eigenvalue weighted by atomic mass is 16.5. The molecule has 0 bridgehead atoms. The standard InChI is InChI=1S/C10H13N5O4/c11-5-7(17)4(1-16)19-10(5)15-3-14-6-8(15)12-2-13-9(6)18/h2-5,7,10,16-17H,1,11H2,(H,12,13,18)/t4-,5?,7?,10-/m1/s1. The largest absolute Gasteiger partial charge is 0.492 e. The van der Waals surface area contributed by atoms with Gasteiger partial charge in [-0.2, -0.15) is 4.98 Å². The molecule has 0 aliphatic carbocycles. The van der Waals surface area contributed by atoms with Crippen LogP contribution in [0.2, 0.25) is 0 Å². The SMILES string of the molecule is NC1C(O)[C@@H](CO)O[C@H]1n1cnc2c(O)ncnc21. The highest BCUT2D eigenvalue weighted by molar-refractivity contribution is 5.75. The molecule has 9 nitrogen and oxygen atoms in total. The minimum absolute atomic E-state index is 0.222. The number of ether oxygens (including phenoxy) is 1. The van der Waals surface area contributed by atoms with Crippen LogP contribution in [-0.2, 0) is 4.74 Å². The van der Waals surface area contributed by atoms with Gasteiger partial charge in [0.25, 0.3) is 0 Å². The van der Waals surface area contributed by atoms with E-state index in [1.165, 1.54) is 17.2 Å². The van der Waals surface area contributed by atoms with Crippen molar-refractivity contribution >= 4 is 11.2 Å².